The van der Waals surface area contributed by atoms with Crippen molar-refractivity contribution in [3.8, 4) is 0 Å². The van der Waals surface area contributed by atoms with E-state index in [1.807, 2.05) is 32.0 Å². The normalized spacial score (nSPS) is 20.4. The SMILES string of the molecule is Cc1ccc(N2C(=O)C3N=NN(CC(=O)Nc4ccccc4C)C3C2=O)cc1Cl. The number of carbonyl (C=O) groups excluding carboxylic acids is 3. The van der Waals surface area contributed by atoms with Crippen LogP contribution >= 0.6 is 11.6 Å². The molecule has 2 aromatic carbocycles. The molecule has 2 aliphatic rings. The Balaban J connectivity index is 1.51. The largest absolute Gasteiger partial charge is 0.324 e. The van der Waals surface area contributed by atoms with Gasteiger partial charge in [0.05, 0.1) is 5.69 Å². The monoisotopic (exact) mass is 411 g/mol. The molecule has 2 unspecified atom stereocenters. The predicted octanol–water partition coefficient (Wildman–Crippen LogP) is 2.89. The van der Waals surface area contributed by atoms with Gasteiger partial charge in [-0.3, -0.25) is 19.4 Å². The lowest BCUT2D eigenvalue weighted by molar-refractivity contribution is -0.123. The second-order valence-electron chi connectivity index (χ2n) is 7.00. The van der Waals surface area contributed by atoms with Gasteiger partial charge in [0.15, 0.2) is 12.1 Å². The van der Waals surface area contributed by atoms with E-state index in [2.05, 4.69) is 15.7 Å². The van der Waals surface area contributed by atoms with Gasteiger partial charge in [0, 0.05) is 10.7 Å². The number of fused-ring (bicyclic) bond motifs is 1. The van der Waals surface area contributed by atoms with Crippen molar-refractivity contribution in [1.82, 2.24) is 5.01 Å². The predicted molar refractivity (Wildman–Crippen MR) is 108 cm³/mol. The average molecular weight is 412 g/mol. The number of para-hydroxylation sites is 1. The van der Waals surface area contributed by atoms with E-state index in [1.165, 1.54) is 5.01 Å². The number of aryl methyl sites for hydroxylation is 2. The Labute approximate surface area is 172 Å². The number of rotatable bonds is 4. The van der Waals surface area contributed by atoms with Crippen LogP contribution in [-0.4, -0.2) is 41.4 Å². The Morgan fingerprint density at radius 1 is 1.10 bits per heavy atom. The van der Waals surface area contributed by atoms with Crippen molar-refractivity contribution in [2.45, 2.75) is 25.9 Å². The first-order valence-corrected chi connectivity index (χ1v) is 9.41. The number of hydrogen-bond donors (Lipinski definition) is 1. The third-order valence-corrected chi connectivity index (χ3v) is 5.40. The van der Waals surface area contributed by atoms with Crippen LogP contribution in [-0.2, 0) is 14.4 Å². The minimum absolute atomic E-state index is 0.194. The highest BCUT2D eigenvalue weighted by Gasteiger charge is 2.55. The van der Waals surface area contributed by atoms with Crippen molar-refractivity contribution in [2.24, 2.45) is 10.3 Å². The van der Waals surface area contributed by atoms with Crippen molar-refractivity contribution in [3.63, 3.8) is 0 Å². The first-order valence-electron chi connectivity index (χ1n) is 9.03. The van der Waals surface area contributed by atoms with E-state index in [-0.39, 0.29) is 12.5 Å². The Morgan fingerprint density at radius 3 is 2.59 bits per heavy atom. The summed E-state index contributed by atoms with van der Waals surface area (Å²) in [5.41, 5.74) is 2.81. The van der Waals surface area contributed by atoms with Crippen LogP contribution in [0, 0.1) is 13.8 Å². The molecule has 0 aromatic heterocycles. The van der Waals surface area contributed by atoms with Crippen LogP contribution < -0.4 is 10.2 Å². The second-order valence-corrected chi connectivity index (χ2v) is 7.41. The first kappa shape index (κ1) is 19.1. The number of amides is 3. The molecule has 148 valence electrons. The molecule has 1 saturated heterocycles. The van der Waals surface area contributed by atoms with Gasteiger partial charge in [0.2, 0.25) is 5.91 Å². The fourth-order valence-corrected chi connectivity index (χ4v) is 3.55. The number of carbonyl (C=O) groups is 3. The van der Waals surface area contributed by atoms with Crippen molar-refractivity contribution in [1.29, 1.82) is 0 Å². The summed E-state index contributed by atoms with van der Waals surface area (Å²) in [6, 6.07) is 10.4. The first-order chi connectivity index (χ1) is 13.9. The van der Waals surface area contributed by atoms with Gasteiger partial charge in [-0.25, -0.2) is 4.90 Å². The number of halogens is 1. The minimum Gasteiger partial charge on any atom is -0.324 e. The van der Waals surface area contributed by atoms with E-state index in [0.717, 1.165) is 16.0 Å². The van der Waals surface area contributed by atoms with E-state index < -0.39 is 23.9 Å². The molecule has 2 aromatic rings. The average Bonchev–Trinajstić information content (AvgIpc) is 3.20. The summed E-state index contributed by atoms with van der Waals surface area (Å²) in [7, 11) is 0. The molecule has 2 aliphatic heterocycles. The maximum Gasteiger partial charge on any atom is 0.263 e. The van der Waals surface area contributed by atoms with Crippen molar-refractivity contribution in [2.75, 3.05) is 16.8 Å². The molecular weight excluding hydrogens is 394 g/mol. The zero-order valence-electron chi connectivity index (χ0n) is 15.8. The summed E-state index contributed by atoms with van der Waals surface area (Å²) in [6.07, 6.45) is 0. The highest BCUT2D eigenvalue weighted by Crippen LogP contribution is 2.33. The fraction of sp³-hybridized carbons (Fsp3) is 0.250. The van der Waals surface area contributed by atoms with E-state index in [9.17, 15) is 14.4 Å². The maximum atomic E-state index is 13.0. The number of imide groups is 1. The highest BCUT2D eigenvalue weighted by atomic mass is 35.5. The van der Waals surface area contributed by atoms with Crippen molar-refractivity contribution >= 4 is 40.7 Å². The highest BCUT2D eigenvalue weighted by molar-refractivity contribution is 6.32. The maximum absolute atomic E-state index is 13.0. The molecule has 2 heterocycles. The Bertz CT molecular complexity index is 1050. The van der Waals surface area contributed by atoms with Gasteiger partial charge in [-0.2, -0.15) is 5.11 Å². The third-order valence-electron chi connectivity index (χ3n) is 5.00. The lowest BCUT2D eigenvalue weighted by Gasteiger charge is -2.20. The van der Waals surface area contributed by atoms with Gasteiger partial charge in [-0.05, 0) is 43.2 Å². The quantitative estimate of drug-likeness (QED) is 0.782. The summed E-state index contributed by atoms with van der Waals surface area (Å²) in [5.74, 6) is -1.31. The summed E-state index contributed by atoms with van der Waals surface area (Å²) in [4.78, 5) is 39.2. The number of nitrogens with one attached hydrogen (secondary N) is 1. The minimum atomic E-state index is -0.964. The van der Waals surface area contributed by atoms with Crippen LogP contribution in [0.15, 0.2) is 52.8 Å². The summed E-state index contributed by atoms with van der Waals surface area (Å²) < 4.78 is 0. The summed E-state index contributed by atoms with van der Waals surface area (Å²) >= 11 is 6.14. The second kappa shape index (κ2) is 7.29. The molecule has 0 bridgehead atoms. The molecule has 0 saturated carbocycles. The molecule has 9 heteroatoms. The zero-order valence-corrected chi connectivity index (χ0v) is 16.6. The summed E-state index contributed by atoms with van der Waals surface area (Å²) in [5, 5.41) is 12.3. The molecule has 29 heavy (non-hydrogen) atoms. The number of hydrogen-bond acceptors (Lipinski definition) is 6. The van der Waals surface area contributed by atoms with E-state index in [1.54, 1.807) is 24.3 Å². The molecule has 1 N–H and O–H groups in total. The van der Waals surface area contributed by atoms with Gasteiger partial charge >= 0.3 is 0 Å². The van der Waals surface area contributed by atoms with Crippen LogP contribution in [0.5, 0.6) is 0 Å². The molecule has 0 radical (unpaired) electrons. The topological polar surface area (TPSA) is 94.4 Å². The Hall–Kier alpha value is -3.26. The number of nitrogens with zero attached hydrogens (tertiary/aromatic N) is 4. The zero-order chi connectivity index (χ0) is 20.7. The molecular formula is C20H18ClN5O3. The van der Waals surface area contributed by atoms with Gasteiger partial charge < -0.3 is 5.32 Å². The summed E-state index contributed by atoms with van der Waals surface area (Å²) in [6.45, 7) is 3.52. The van der Waals surface area contributed by atoms with Gasteiger partial charge in [0.1, 0.15) is 6.54 Å². The van der Waals surface area contributed by atoms with Crippen LogP contribution in [0.1, 0.15) is 11.1 Å². The molecule has 3 amide bonds. The fourth-order valence-electron chi connectivity index (χ4n) is 3.38. The number of benzene rings is 2. The number of anilines is 2. The molecule has 2 atom stereocenters. The molecule has 1 fully saturated rings. The van der Waals surface area contributed by atoms with Crippen molar-refractivity contribution < 1.29 is 14.4 Å². The standard InChI is InChI=1S/C20H18ClN5O3/c1-11-7-8-13(9-14(11)21)26-19(28)17-18(20(26)29)25(24-23-17)10-16(27)22-15-6-4-3-5-12(15)2/h3-9,17-18H,10H2,1-2H3,(H,22,27). The van der Waals surface area contributed by atoms with Crippen LogP contribution in [0.2, 0.25) is 5.02 Å². The van der Waals surface area contributed by atoms with Gasteiger partial charge in [-0.15, -0.1) is 0 Å². The third kappa shape index (κ3) is 3.36. The molecule has 4 rings (SSSR count). The van der Waals surface area contributed by atoms with Crippen molar-refractivity contribution in [3.05, 3.63) is 58.6 Å². The molecule has 8 nitrogen and oxygen atoms in total. The van der Waals surface area contributed by atoms with E-state index in [4.69, 9.17) is 11.6 Å². The Kier molecular flexibility index (Phi) is 4.79. The van der Waals surface area contributed by atoms with Crippen LogP contribution in [0.3, 0.4) is 0 Å². The van der Waals surface area contributed by atoms with E-state index >= 15 is 0 Å². The van der Waals surface area contributed by atoms with Gasteiger partial charge in [-0.1, -0.05) is 41.1 Å². The molecule has 0 aliphatic carbocycles. The molecule has 0 spiro atoms. The Morgan fingerprint density at radius 2 is 1.86 bits per heavy atom. The lowest BCUT2D eigenvalue weighted by atomic mass is 10.1. The lowest BCUT2D eigenvalue weighted by Crippen LogP contribution is -2.43. The van der Waals surface area contributed by atoms with Gasteiger partial charge in [0.25, 0.3) is 11.8 Å². The van der Waals surface area contributed by atoms with Crippen LogP contribution in [0.25, 0.3) is 0 Å². The van der Waals surface area contributed by atoms with E-state index in [0.29, 0.717) is 16.4 Å². The van der Waals surface area contributed by atoms with Crippen LogP contribution in [0.4, 0.5) is 11.4 Å². The smallest absolute Gasteiger partial charge is 0.263 e.